The van der Waals surface area contributed by atoms with Crippen LogP contribution in [0.5, 0.6) is 5.75 Å². The van der Waals surface area contributed by atoms with Gasteiger partial charge in [0.15, 0.2) is 0 Å². The van der Waals surface area contributed by atoms with Crippen LogP contribution in [0.25, 0.3) is 0 Å². The molecule has 0 radical (unpaired) electrons. The van der Waals surface area contributed by atoms with Crippen LogP contribution in [0.3, 0.4) is 0 Å². The number of benzene rings is 1. The number of hydrogen-bond donors (Lipinski definition) is 3. The van der Waals surface area contributed by atoms with E-state index in [4.69, 9.17) is 0 Å². The molecule has 3 nitrogen and oxygen atoms in total. The summed E-state index contributed by atoms with van der Waals surface area (Å²) in [5.74, 6) is 0.653. The van der Waals surface area contributed by atoms with Crippen molar-refractivity contribution in [3.8, 4) is 5.75 Å². The van der Waals surface area contributed by atoms with E-state index < -0.39 is 0 Å². The van der Waals surface area contributed by atoms with E-state index in [-0.39, 0.29) is 17.9 Å². The molecule has 0 saturated carbocycles. The minimum Gasteiger partial charge on any atom is -0.508 e. The van der Waals surface area contributed by atoms with Gasteiger partial charge < -0.3 is 15.5 Å². The van der Waals surface area contributed by atoms with Crippen LogP contribution in [-0.4, -0.2) is 22.9 Å². The molecule has 0 aliphatic heterocycles. The monoisotopic (exact) mass is 265 g/mol. The summed E-state index contributed by atoms with van der Waals surface area (Å²) >= 11 is 0. The predicted molar refractivity (Wildman–Crippen MR) is 79.2 cm³/mol. The quantitative estimate of drug-likeness (QED) is 0.676. The summed E-state index contributed by atoms with van der Waals surface area (Å²) in [4.78, 5) is 0. The van der Waals surface area contributed by atoms with Gasteiger partial charge in [0.05, 0.1) is 6.10 Å². The standard InChI is InChI=1S/C16H27NO2/c1-4-12(5-2)16(19)11-17-15(6-3)13-7-9-14(18)10-8-13/h7-10,12,15-19H,4-6,11H2,1-3H3. The number of aromatic hydroxyl groups is 1. The van der Waals surface area contributed by atoms with E-state index in [1.165, 1.54) is 0 Å². The number of phenolic OH excluding ortho intramolecular Hbond substituents is 1. The molecule has 108 valence electrons. The second-order valence-corrected chi connectivity index (χ2v) is 5.10. The fraction of sp³-hybridized carbons (Fsp3) is 0.625. The van der Waals surface area contributed by atoms with E-state index in [2.05, 4.69) is 26.1 Å². The number of aliphatic hydroxyl groups excluding tert-OH is 1. The van der Waals surface area contributed by atoms with Gasteiger partial charge in [-0.1, -0.05) is 45.7 Å². The molecule has 1 aromatic rings. The zero-order valence-corrected chi connectivity index (χ0v) is 12.3. The van der Waals surface area contributed by atoms with E-state index in [0.717, 1.165) is 24.8 Å². The van der Waals surface area contributed by atoms with E-state index >= 15 is 0 Å². The normalized spacial score (nSPS) is 14.6. The molecule has 0 amide bonds. The van der Waals surface area contributed by atoms with E-state index in [9.17, 15) is 10.2 Å². The van der Waals surface area contributed by atoms with Crippen LogP contribution in [0.15, 0.2) is 24.3 Å². The summed E-state index contributed by atoms with van der Waals surface area (Å²) in [6.45, 7) is 6.98. The van der Waals surface area contributed by atoms with E-state index in [0.29, 0.717) is 12.5 Å². The molecule has 0 saturated heterocycles. The molecular weight excluding hydrogens is 238 g/mol. The Morgan fingerprint density at radius 2 is 1.58 bits per heavy atom. The van der Waals surface area contributed by atoms with E-state index in [1.807, 2.05) is 12.1 Å². The van der Waals surface area contributed by atoms with Gasteiger partial charge in [0, 0.05) is 12.6 Å². The molecule has 3 heteroatoms. The lowest BCUT2D eigenvalue weighted by Gasteiger charge is -2.24. The lowest BCUT2D eigenvalue weighted by Crippen LogP contribution is -2.34. The molecule has 0 bridgehead atoms. The Morgan fingerprint density at radius 1 is 1.00 bits per heavy atom. The van der Waals surface area contributed by atoms with Crippen LogP contribution < -0.4 is 5.32 Å². The smallest absolute Gasteiger partial charge is 0.115 e. The molecule has 0 aliphatic carbocycles. The highest BCUT2D eigenvalue weighted by Crippen LogP contribution is 2.20. The van der Waals surface area contributed by atoms with Crippen molar-refractivity contribution in [3.63, 3.8) is 0 Å². The second kappa shape index (κ2) is 8.18. The van der Waals surface area contributed by atoms with Crippen LogP contribution in [0, 0.1) is 5.92 Å². The van der Waals surface area contributed by atoms with Crippen LogP contribution in [0.2, 0.25) is 0 Å². The third-order valence-electron chi connectivity index (χ3n) is 3.87. The molecular formula is C16H27NO2. The Bertz CT molecular complexity index is 346. The minimum atomic E-state index is -0.291. The van der Waals surface area contributed by atoms with Gasteiger partial charge in [0.25, 0.3) is 0 Å². The van der Waals surface area contributed by atoms with Crippen molar-refractivity contribution >= 4 is 0 Å². The number of nitrogens with one attached hydrogen (secondary N) is 1. The van der Waals surface area contributed by atoms with Crippen molar-refractivity contribution in [1.82, 2.24) is 5.32 Å². The fourth-order valence-electron chi connectivity index (χ4n) is 2.47. The summed E-state index contributed by atoms with van der Waals surface area (Å²) in [6, 6.07) is 7.50. The first-order valence-electron chi connectivity index (χ1n) is 7.32. The maximum Gasteiger partial charge on any atom is 0.115 e. The zero-order chi connectivity index (χ0) is 14.3. The van der Waals surface area contributed by atoms with Crippen molar-refractivity contribution in [3.05, 3.63) is 29.8 Å². The number of phenols is 1. The Labute approximate surface area is 116 Å². The Balaban J connectivity index is 2.55. The summed E-state index contributed by atoms with van der Waals surface area (Å²) in [6.07, 6.45) is 2.69. The van der Waals surface area contributed by atoms with Crippen LogP contribution in [0.1, 0.15) is 51.6 Å². The van der Waals surface area contributed by atoms with Crippen molar-refractivity contribution in [2.75, 3.05) is 6.54 Å². The highest BCUT2D eigenvalue weighted by Gasteiger charge is 2.17. The summed E-state index contributed by atoms with van der Waals surface area (Å²) in [5.41, 5.74) is 1.15. The summed E-state index contributed by atoms with van der Waals surface area (Å²) in [5, 5.41) is 22.9. The van der Waals surface area contributed by atoms with Gasteiger partial charge in [-0.25, -0.2) is 0 Å². The van der Waals surface area contributed by atoms with Crippen molar-refractivity contribution < 1.29 is 10.2 Å². The van der Waals surface area contributed by atoms with Crippen LogP contribution >= 0.6 is 0 Å². The first-order valence-corrected chi connectivity index (χ1v) is 7.32. The van der Waals surface area contributed by atoms with Crippen LogP contribution in [-0.2, 0) is 0 Å². The molecule has 0 heterocycles. The Morgan fingerprint density at radius 3 is 2.05 bits per heavy atom. The first-order chi connectivity index (χ1) is 9.12. The van der Waals surface area contributed by atoms with Crippen molar-refractivity contribution in [1.29, 1.82) is 0 Å². The molecule has 2 atom stereocenters. The highest BCUT2D eigenvalue weighted by atomic mass is 16.3. The molecule has 2 unspecified atom stereocenters. The lowest BCUT2D eigenvalue weighted by molar-refractivity contribution is 0.0980. The average Bonchev–Trinajstić information content (AvgIpc) is 2.42. The van der Waals surface area contributed by atoms with Gasteiger partial charge in [-0.3, -0.25) is 0 Å². The van der Waals surface area contributed by atoms with Crippen LogP contribution in [0.4, 0.5) is 0 Å². The molecule has 19 heavy (non-hydrogen) atoms. The molecule has 1 rings (SSSR count). The Kier molecular flexibility index (Phi) is 6.89. The largest absolute Gasteiger partial charge is 0.508 e. The topological polar surface area (TPSA) is 52.5 Å². The molecule has 1 aromatic carbocycles. The zero-order valence-electron chi connectivity index (χ0n) is 12.3. The van der Waals surface area contributed by atoms with Gasteiger partial charge in [-0.15, -0.1) is 0 Å². The SMILES string of the molecule is CCC(NCC(O)C(CC)CC)c1ccc(O)cc1. The number of aliphatic hydroxyl groups is 1. The van der Waals surface area contributed by atoms with Gasteiger partial charge in [0.2, 0.25) is 0 Å². The number of hydrogen-bond acceptors (Lipinski definition) is 3. The molecule has 0 aliphatic rings. The third kappa shape index (κ3) is 4.84. The summed E-state index contributed by atoms with van der Waals surface area (Å²) in [7, 11) is 0. The van der Waals surface area contributed by atoms with Gasteiger partial charge in [0.1, 0.15) is 5.75 Å². The van der Waals surface area contributed by atoms with Crippen molar-refractivity contribution in [2.24, 2.45) is 5.92 Å². The second-order valence-electron chi connectivity index (χ2n) is 5.10. The minimum absolute atomic E-state index is 0.226. The highest BCUT2D eigenvalue weighted by molar-refractivity contribution is 5.27. The number of rotatable bonds is 8. The van der Waals surface area contributed by atoms with Gasteiger partial charge in [-0.05, 0) is 30.0 Å². The summed E-state index contributed by atoms with van der Waals surface area (Å²) < 4.78 is 0. The van der Waals surface area contributed by atoms with Gasteiger partial charge >= 0.3 is 0 Å². The lowest BCUT2D eigenvalue weighted by atomic mass is 9.96. The maximum atomic E-state index is 10.1. The molecule has 0 spiro atoms. The van der Waals surface area contributed by atoms with Crippen molar-refractivity contribution in [2.45, 2.75) is 52.2 Å². The third-order valence-corrected chi connectivity index (χ3v) is 3.87. The maximum absolute atomic E-state index is 10.1. The first kappa shape index (κ1) is 16.0. The predicted octanol–water partition coefficient (Wildman–Crippen LogP) is 3.23. The Hall–Kier alpha value is -1.06. The molecule has 3 N–H and O–H groups in total. The molecule has 0 aromatic heterocycles. The van der Waals surface area contributed by atoms with E-state index in [1.54, 1.807) is 12.1 Å². The fourth-order valence-corrected chi connectivity index (χ4v) is 2.47. The molecule has 0 fully saturated rings. The average molecular weight is 265 g/mol. The van der Waals surface area contributed by atoms with Gasteiger partial charge in [-0.2, -0.15) is 0 Å².